The molecule has 2 rings (SSSR count). The standard InChI is InChI=1S/C15H27NO3/c17-14(8-12-4-1-2-5-12)11-16-7-3-6-13(10-16)9-15(18)19/h12-14,17H,1-11H2,(H,18,19). The third-order valence-electron chi connectivity index (χ3n) is 4.62. The number of carbonyl (C=O) groups is 1. The van der Waals surface area contributed by atoms with Crippen LogP contribution in [0.3, 0.4) is 0 Å². The van der Waals surface area contributed by atoms with Crippen LogP contribution >= 0.6 is 0 Å². The number of rotatable bonds is 6. The highest BCUT2D eigenvalue weighted by atomic mass is 16.4. The van der Waals surface area contributed by atoms with Crippen molar-refractivity contribution < 1.29 is 15.0 Å². The van der Waals surface area contributed by atoms with E-state index in [9.17, 15) is 9.90 Å². The first-order valence-electron chi connectivity index (χ1n) is 7.75. The molecule has 110 valence electrons. The predicted octanol–water partition coefficient (Wildman–Crippen LogP) is 2.11. The lowest BCUT2D eigenvalue weighted by Crippen LogP contribution is -2.41. The number of hydrogen-bond donors (Lipinski definition) is 2. The molecule has 1 heterocycles. The topological polar surface area (TPSA) is 60.8 Å². The molecule has 2 N–H and O–H groups in total. The molecule has 0 bridgehead atoms. The Morgan fingerprint density at radius 3 is 2.53 bits per heavy atom. The highest BCUT2D eigenvalue weighted by Crippen LogP contribution is 2.29. The fraction of sp³-hybridized carbons (Fsp3) is 0.933. The number of piperidine rings is 1. The first-order valence-corrected chi connectivity index (χ1v) is 7.75. The van der Waals surface area contributed by atoms with E-state index in [0.29, 0.717) is 0 Å². The van der Waals surface area contributed by atoms with Crippen molar-refractivity contribution in [1.29, 1.82) is 0 Å². The zero-order chi connectivity index (χ0) is 13.7. The summed E-state index contributed by atoms with van der Waals surface area (Å²) >= 11 is 0. The molecule has 0 aromatic carbocycles. The lowest BCUT2D eigenvalue weighted by atomic mass is 9.94. The second-order valence-electron chi connectivity index (χ2n) is 6.41. The van der Waals surface area contributed by atoms with E-state index in [4.69, 9.17) is 5.11 Å². The highest BCUT2D eigenvalue weighted by molar-refractivity contribution is 5.67. The molecule has 19 heavy (non-hydrogen) atoms. The van der Waals surface area contributed by atoms with Gasteiger partial charge >= 0.3 is 5.97 Å². The summed E-state index contributed by atoms with van der Waals surface area (Å²) in [5.41, 5.74) is 0. The van der Waals surface area contributed by atoms with Crippen LogP contribution in [-0.4, -0.2) is 46.8 Å². The van der Waals surface area contributed by atoms with Crippen LogP contribution in [0.25, 0.3) is 0 Å². The van der Waals surface area contributed by atoms with Crippen molar-refractivity contribution in [2.24, 2.45) is 11.8 Å². The van der Waals surface area contributed by atoms with E-state index in [1.54, 1.807) is 0 Å². The summed E-state index contributed by atoms with van der Waals surface area (Å²) in [6.45, 7) is 2.58. The smallest absolute Gasteiger partial charge is 0.303 e. The Labute approximate surface area is 115 Å². The summed E-state index contributed by atoms with van der Waals surface area (Å²) < 4.78 is 0. The van der Waals surface area contributed by atoms with Crippen LogP contribution in [0.2, 0.25) is 0 Å². The van der Waals surface area contributed by atoms with Gasteiger partial charge in [-0.05, 0) is 37.6 Å². The maximum absolute atomic E-state index is 10.8. The van der Waals surface area contributed by atoms with Gasteiger partial charge in [0.1, 0.15) is 0 Å². The summed E-state index contributed by atoms with van der Waals surface area (Å²) in [7, 11) is 0. The van der Waals surface area contributed by atoms with Gasteiger partial charge in [0.2, 0.25) is 0 Å². The Bertz CT molecular complexity index is 289. The summed E-state index contributed by atoms with van der Waals surface area (Å²) in [5, 5.41) is 19.0. The second kappa shape index (κ2) is 7.25. The number of nitrogens with zero attached hydrogens (tertiary/aromatic N) is 1. The molecule has 1 saturated carbocycles. The van der Waals surface area contributed by atoms with Crippen molar-refractivity contribution in [2.45, 2.75) is 57.5 Å². The first-order chi connectivity index (χ1) is 9.13. The second-order valence-corrected chi connectivity index (χ2v) is 6.41. The van der Waals surface area contributed by atoms with Gasteiger partial charge in [0.25, 0.3) is 0 Å². The van der Waals surface area contributed by atoms with Crippen molar-refractivity contribution in [1.82, 2.24) is 4.90 Å². The van der Waals surface area contributed by atoms with Crippen LogP contribution < -0.4 is 0 Å². The van der Waals surface area contributed by atoms with Crippen LogP contribution in [0.1, 0.15) is 51.4 Å². The SMILES string of the molecule is O=C(O)CC1CCCN(CC(O)CC2CCCC2)C1. The fourth-order valence-corrected chi connectivity index (χ4v) is 3.73. The van der Waals surface area contributed by atoms with Crippen molar-refractivity contribution in [2.75, 3.05) is 19.6 Å². The minimum absolute atomic E-state index is 0.230. The average molecular weight is 269 g/mol. The van der Waals surface area contributed by atoms with Gasteiger partial charge < -0.3 is 15.1 Å². The Hall–Kier alpha value is -0.610. The molecule has 2 atom stereocenters. The summed E-state index contributed by atoms with van der Waals surface area (Å²) in [4.78, 5) is 13.0. The molecular formula is C15H27NO3. The van der Waals surface area contributed by atoms with E-state index in [1.165, 1.54) is 25.7 Å². The minimum Gasteiger partial charge on any atom is -0.481 e. The van der Waals surface area contributed by atoms with Crippen molar-refractivity contribution >= 4 is 5.97 Å². The fourth-order valence-electron chi connectivity index (χ4n) is 3.73. The molecule has 2 unspecified atom stereocenters. The zero-order valence-corrected chi connectivity index (χ0v) is 11.8. The molecule has 2 fully saturated rings. The van der Waals surface area contributed by atoms with Gasteiger partial charge in [0, 0.05) is 19.5 Å². The van der Waals surface area contributed by atoms with E-state index in [2.05, 4.69) is 4.90 Å². The summed E-state index contributed by atoms with van der Waals surface area (Å²) in [6.07, 6.45) is 8.25. The molecule has 4 nitrogen and oxygen atoms in total. The molecule has 1 saturated heterocycles. The molecule has 0 spiro atoms. The third kappa shape index (κ3) is 5.11. The normalized spacial score (nSPS) is 27.5. The predicted molar refractivity (Wildman–Crippen MR) is 74.0 cm³/mol. The van der Waals surface area contributed by atoms with Gasteiger partial charge in [-0.25, -0.2) is 0 Å². The Morgan fingerprint density at radius 2 is 1.84 bits per heavy atom. The van der Waals surface area contributed by atoms with Crippen molar-refractivity contribution in [3.8, 4) is 0 Å². The van der Waals surface area contributed by atoms with E-state index in [-0.39, 0.29) is 18.4 Å². The number of carboxylic acids is 1. The number of hydrogen-bond acceptors (Lipinski definition) is 3. The lowest BCUT2D eigenvalue weighted by molar-refractivity contribution is -0.138. The molecule has 2 aliphatic rings. The maximum Gasteiger partial charge on any atom is 0.303 e. The molecule has 0 aromatic heterocycles. The molecule has 0 aromatic rings. The van der Waals surface area contributed by atoms with Gasteiger partial charge in [-0.3, -0.25) is 4.79 Å². The molecule has 1 aliphatic heterocycles. The number of aliphatic hydroxyl groups is 1. The summed E-state index contributed by atoms with van der Waals surface area (Å²) in [6, 6.07) is 0. The van der Waals surface area contributed by atoms with Crippen LogP contribution in [0.15, 0.2) is 0 Å². The van der Waals surface area contributed by atoms with Crippen molar-refractivity contribution in [3.63, 3.8) is 0 Å². The average Bonchev–Trinajstić information content (AvgIpc) is 2.81. The molecule has 0 amide bonds. The van der Waals surface area contributed by atoms with Crippen LogP contribution in [0.4, 0.5) is 0 Å². The molecular weight excluding hydrogens is 242 g/mol. The van der Waals surface area contributed by atoms with Gasteiger partial charge in [-0.15, -0.1) is 0 Å². The van der Waals surface area contributed by atoms with E-state index in [0.717, 1.165) is 44.8 Å². The number of aliphatic hydroxyl groups excluding tert-OH is 1. The van der Waals surface area contributed by atoms with Crippen LogP contribution in [0.5, 0.6) is 0 Å². The monoisotopic (exact) mass is 269 g/mol. The van der Waals surface area contributed by atoms with Crippen molar-refractivity contribution in [3.05, 3.63) is 0 Å². The lowest BCUT2D eigenvalue weighted by Gasteiger charge is -2.33. The summed E-state index contributed by atoms with van der Waals surface area (Å²) in [5.74, 6) is 0.290. The quantitative estimate of drug-likeness (QED) is 0.775. The van der Waals surface area contributed by atoms with Gasteiger partial charge in [0.05, 0.1) is 6.10 Å². The third-order valence-corrected chi connectivity index (χ3v) is 4.62. The van der Waals surface area contributed by atoms with Crippen LogP contribution in [0, 0.1) is 11.8 Å². The Morgan fingerprint density at radius 1 is 1.16 bits per heavy atom. The highest BCUT2D eigenvalue weighted by Gasteiger charge is 2.25. The minimum atomic E-state index is -0.696. The number of likely N-dealkylation sites (tertiary alicyclic amines) is 1. The number of aliphatic carboxylic acids is 1. The van der Waals surface area contributed by atoms with E-state index in [1.807, 2.05) is 0 Å². The number of carboxylic acid groups (broad SMARTS) is 1. The molecule has 0 radical (unpaired) electrons. The van der Waals surface area contributed by atoms with E-state index < -0.39 is 5.97 Å². The van der Waals surface area contributed by atoms with Crippen LogP contribution in [-0.2, 0) is 4.79 Å². The first kappa shape index (κ1) is 14.8. The largest absolute Gasteiger partial charge is 0.481 e. The Balaban J connectivity index is 1.70. The molecule has 1 aliphatic carbocycles. The Kier molecular flexibility index (Phi) is 5.64. The molecule has 4 heteroatoms. The van der Waals surface area contributed by atoms with Gasteiger partial charge in [-0.1, -0.05) is 25.7 Å². The van der Waals surface area contributed by atoms with E-state index >= 15 is 0 Å². The maximum atomic E-state index is 10.8. The van der Waals surface area contributed by atoms with Gasteiger partial charge in [0.15, 0.2) is 0 Å². The van der Waals surface area contributed by atoms with Gasteiger partial charge in [-0.2, -0.15) is 0 Å². The zero-order valence-electron chi connectivity index (χ0n) is 11.8. The number of β-amino-alcohol motifs (C(OH)–C–C–N with tert-alkyl or cyclic N) is 1.